The van der Waals surface area contributed by atoms with E-state index in [1.807, 2.05) is 4.68 Å². The Morgan fingerprint density at radius 3 is 2.59 bits per heavy atom. The normalized spacial score (nSPS) is 22.7. The van der Waals surface area contributed by atoms with Crippen LogP contribution in [0.2, 0.25) is 0 Å². The number of carbonyl (C=O) groups is 1. The molecule has 1 fully saturated rings. The van der Waals surface area contributed by atoms with Gasteiger partial charge in [-0.25, -0.2) is 4.68 Å². The molecule has 1 aliphatic carbocycles. The molecule has 0 radical (unpaired) electrons. The van der Waals surface area contributed by atoms with Gasteiger partial charge in [-0.05, 0) is 48.8 Å². The maximum atomic E-state index is 12.9. The average molecular weight is 371 g/mol. The largest absolute Gasteiger partial charge is 0.493 e. The van der Waals surface area contributed by atoms with E-state index in [-0.39, 0.29) is 5.78 Å². The van der Waals surface area contributed by atoms with Crippen LogP contribution < -0.4 is 9.47 Å². The second-order valence-electron chi connectivity index (χ2n) is 7.88. The highest BCUT2D eigenvalue weighted by molar-refractivity contribution is 6.07. The standard InChI is InChI=1S/C21H29N3O3/c1-13(2)16-8-6-14(3)10-18(16)24-12-17(22-23-24)21(25)15-7-9-19(26-4)20(11-15)27-5/h7,9,11-14,16,18H,6,8,10H2,1-5H3/t14-,16+,18-/m1/s1. The van der Waals surface area contributed by atoms with Gasteiger partial charge in [0, 0.05) is 5.56 Å². The van der Waals surface area contributed by atoms with Crippen LogP contribution in [0.3, 0.4) is 0 Å². The monoisotopic (exact) mass is 371 g/mol. The van der Waals surface area contributed by atoms with Crippen LogP contribution in [0.15, 0.2) is 24.4 Å². The van der Waals surface area contributed by atoms with E-state index >= 15 is 0 Å². The maximum absolute atomic E-state index is 12.9. The molecule has 6 heteroatoms. The summed E-state index contributed by atoms with van der Waals surface area (Å²) >= 11 is 0. The van der Waals surface area contributed by atoms with Crippen LogP contribution in [0.5, 0.6) is 11.5 Å². The minimum Gasteiger partial charge on any atom is -0.493 e. The van der Waals surface area contributed by atoms with E-state index < -0.39 is 0 Å². The number of rotatable bonds is 6. The van der Waals surface area contributed by atoms with E-state index in [0.29, 0.717) is 46.6 Å². The first-order valence-electron chi connectivity index (χ1n) is 9.63. The van der Waals surface area contributed by atoms with Crippen LogP contribution in [-0.4, -0.2) is 35.0 Å². The smallest absolute Gasteiger partial charge is 0.215 e. The molecule has 3 rings (SSSR count). The lowest BCUT2D eigenvalue weighted by Gasteiger charge is -2.37. The summed E-state index contributed by atoms with van der Waals surface area (Å²) in [5.74, 6) is 2.76. The third kappa shape index (κ3) is 3.99. The van der Waals surface area contributed by atoms with Crippen LogP contribution >= 0.6 is 0 Å². The molecule has 0 bridgehead atoms. The summed E-state index contributed by atoms with van der Waals surface area (Å²) in [6.07, 6.45) is 5.33. The van der Waals surface area contributed by atoms with Gasteiger partial charge in [0.25, 0.3) is 0 Å². The van der Waals surface area contributed by atoms with Crippen molar-refractivity contribution >= 4 is 5.78 Å². The van der Waals surface area contributed by atoms with Crippen molar-refractivity contribution in [2.45, 2.75) is 46.1 Å². The number of carbonyl (C=O) groups excluding carboxylic acids is 1. The number of aromatic nitrogens is 3. The second kappa shape index (κ2) is 8.11. The van der Waals surface area contributed by atoms with E-state index in [0.717, 1.165) is 6.42 Å². The predicted octanol–water partition coefficient (Wildman–Crippen LogP) is 4.16. The van der Waals surface area contributed by atoms with Crippen molar-refractivity contribution in [1.82, 2.24) is 15.0 Å². The molecule has 146 valence electrons. The fourth-order valence-corrected chi connectivity index (χ4v) is 4.12. The van der Waals surface area contributed by atoms with Crippen molar-refractivity contribution < 1.29 is 14.3 Å². The Hall–Kier alpha value is -2.37. The average Bonchev–Trinajstić information content (AvgIpc) is 3.16. The van der Waals surface area contributed by atoms with Gasteiger partial charge in [-0.1, -0.05) is 32.4 Å². The van der Waals surface area contributed by atoms with E-state index in [1.165, 1.54) is 12.8 Å². The van der Waals surface area contributed by atoms with Crippen LogP contribution in [-0.2, 0) is 0 Å². The minimum absolute atomic E-state index is 0.160. The number of ether oxygens (including phenoxy) is 2. The first kappa shape index (κ1) is 19.4. The fraction of sp³-hybridized carbons (Fsp3) is 0.571. The molecule has 27 heavy (non-hydrogen) atoms. The first-order chi connectivity index (χ1) is 12.9. The quantitative estimate of drug-likeness (QED) is 0.713. The molecule has 6 nitrogen and oxygen atoms in total. The van der Waals surface area contributed by atoms with Crippen molar-refractivity contribution in [1.29, 1.82) is 0 Å². The van der Waals surface area contributed by atoms with Crippen molar-refractivity contribution in [2.24, 2.45) is 17.8 Å². The molecule has 2 aromatic rings. The first-order valence-corrected chi connectivity index (χ1v) is 9.63. The van der Waals surface area contributed by atoms with E-state index in [4.69, 9.17) is 9.47 Å². The van der Waals surface area contributed by atoms with E-state index in [2.05, 4.69) is 31.1 Å². The Morgan fingerprint density at radius 2 is 1.93 bits per heavy atom. The molecular weight excluding hydrogens is 342 g/mol. The maximum Gasteiger partial charge on any atom is 0.215 e. The highest BCUT2D eigenvalue weighted by Crippen LogP contribution is 2.40. The Bertz CT molecular complexity index is 800. The van der Waals surface area contributed by atoms with Gasteiger partial charge in [-0.15, -0.1) is 5.10 Å². The number of methoxy groups -OCH3 is 2. The molecule has 0 aliphatic heterocycles. The molecule has 3 atom stereocenters. The van der Waals surface area contributed by atoms with Crippen molar-refractivity contribution in [3.05, 3.63) is 35.7 Å². The molecule has 0 saturated heterocycles. The topological polar surface area (TPSA) is 66.2 Å². The molecule has 1 aromatic carbocycles. The van der Waals surface area contributed by atoms with Gasteiger partial charge in [0.05, 0.1) is 26.5 Å². The van der Waals surface area contributed by atoms with Crippen LogP contribution in [0.1, 0.15) is 62.1 Å². The number of ketones is 1. The van der Waals surface area contributed by atoms with Crippen molar-refractivity contribution in [3.63, 3.8) is 0 Å². The van der Waals surface area contributed by atoms with Gasteiger partial charge in [0.1, 0.15) is 0 Å². The van der Waals surface area contributed by atoms with Crippen molar-refractivity contribution in [3.8, 4) is 11.5 Å². The third-order valence-electron chi connectivity index (χ3n) is 5.72. The molecule has 0 unspecified atom stereocenters. The zero-order valence-electron chi connectivity index (χ0n) is 16.8. The van der Waals surface area contributed by atoms with Gasteiger partial charge in [0.15, 0.2) is 17.2 Å². The third-order valence-corrected chi connectivity index (χ3v) is 5.72. The summed E-state index contributed by atoms with van der Waals surface area (Å²) in [7, 11) is 3.12. The van der Waals surface area contributed by atoms with Gasteiger partial charge in [0.2, 0.25) is 5.78 Å². The SMILES string of the molecule is COc1ccc(C(=O)c2cn([C@@H]3C[C@H](C)CC[C@H]3C(C)C)nn2)cc1OC. The lowest BCUT2D eigenvalue weighted by atomic mass is 9.74. The molecule has 1 aliphatic rings. The second-order valence-corrected chi connectivity index (χ2v) is 7.88. The van der Waals surface area contributed by atoms with E-state index in [9.17, 15) is 4.79 Å². The highest BCUT2D eigenvalue weighted by Gasteiger charge is 2.33. The lowest BCUT2D eigenvalue weighted by molar-refractivity contribution is 0.103. The van der Waals surface area contributed by atoms with Crippen LogP contribution in [0.4, 0.5) is 0 Å². The Balaban J connectivity index is 1.85. The number of hydrogen-bond donors (Lipinski definition) is 0. The van der Waals surface area contributed by atoms with Crippen LogP contribution in [0, 0.1) is 17.8 Å². The minimum atomic E-state index is -0.160. The van der Waals surface area contributed by atoms with Gasteiger partial charge in [-0.2, -0.15) is 0 Å². The number of benzene rings is 1. The summed E-state index contributed by atoms with van der Waals surface area (Å²) in [5.41, 5.74) is 0.875. The van der Waals surface area contributed by atoms with Gasteiger partial charge in [-0.3, -0.25) is 4.79 Å². The summed E-state index contributed by atoms with van der Waals surface area (Å²) in [5, 5.41) is 8.50. The molecule has 0 spiro atoms. The Labute approximate surface area is 160 Å². The molecule has 1 heterocycles. The van der Waals surface area contributed by atoms with Gasteiger partial charge < -0.3 is 9.47 Å². The number of nitrogens with zero attached hydrogens (tertiary/aromatic N) is 3. The summed E-state index contributed by atoms with van der Waals surface area (Å²) in [6, 6.07) is 5.43. The highest BCUT2D eigenvalue weighted by atomic mass is 16.5. The Morgan fingerprint density at radius 1 is 1.19 bits per heavy atom. The Kier molecular flexibility index (Phi) is 5.82. The molecule has 0 N–H and O–H groups in total. The summed E-state index contributed by atoms with van der Waals surface area (Å²) in [4.78, 5) is 12.9. The molecule has 1 aromatic heterocycles. The summed E-state index contributed by atoms with van der Waals surface area (Å²) in [6.45, 7) is 6.82. The molecular formula is C21H29N3O3. The fourth-order valence-electron chi connectivity index (χ4n) is 4.12. The van der Waals surface area contributed by atoms with Crippen molar-refractivity contribution in [2.75, 3.05) is 14.2 Å². The zero-order chi connectivity index (χ0) is 19.6. The van der Waals surface area contributed by atoms with Crippen LogP contribution in [0.25, 0.3) is 0 Å². The number of hydrogen-bond acceptors (Lipinski definition) is 5. The summed E-state index contributed by atoms with van der Waals surface area (Å²) < 4.78 is 12.4. The molecule has 0 amide bonds. The predicted molar refractivity (Wildman–Crippen MR) is 103 cm³/mol. The molecule has 1 saturated carbocycles. The zero-order valence-corrected chi connectivity index (χ0v) is 16.8. The van der Waals surface area contributed by atoms with Gasteiger partial charge >= 0.3 is 0 Å². The van der Waals surface area contributed by atoms with E-state index in [1.54, 1.807) is 38.6 Å². The lowest BCUT2D eigenvalue weighted by Crippen LogP contribution is -2.30.